The largest absolute Gasteiger partial charge is 0.493 e. The summed E-state index contributed by atoms with van der Waals surface area (Å²) in [6, 6.07) is 4.64. The van der Waals surface area contributed by atoms with E-state index in [0.717, 1.165) is 6.08 Å². The number of esters is 2. The standard InChI is InChI=1S/C21H28O12/c1-11(23)32-14-5-3-12(7-15(14)29-2)4-6-17(25)30-9-13(24)10-31-21-20(28)19(27)18(26)16(8-22)33-21/h3-7,13,16,18-22,24,26-28H,8-10H2,1-2H3/t13-,16?,18-,19-,20?,21-/m1/s1. The zero-order valence-electron chi connectivity index (χ0n) is 18.1. The van der Waals surface area contributed by atoms with Crippen LogP contribution in [-0.2, 0) is 23.8 Å². The minimum atomic E-state index is -1.61. The van der Waals surface area contributed by atoms with Gasteiger partial charge in [-0.1, -0.05) is 6.07 Å². The van der Waals surface area contributed by atoms with Gasteiger partial charge in [0.25, 0.3) is 0 Å². The van der Waals surface area contributed by atoms with Crippen molar-refractivity contribution >= 4 is 18.0 Å². The fraction of sp³-hybridized carbons (Fsp3) is 0.524. The van der Waals surface area contributed by atoms with Crippen molar-refractivity contribution < 1.29 is 58.8 Å². The van der Waals surface area contributed by atoms with E-state index in [4.69, 9.17) is 28.8 Å². The van der Waals surface area contributed by atoms with Crippen LogP contribution in [-0.4, -0.2) is 101 Å². The molecule has 12 heteroatoms. The lowest BCUT2D eigenvalue weighted by Crippen LogP contribution is -2.59. The summed E-state index contributed by atoms with van der Waals surface area (Å²) >= 11 is 0. The lowest BCUT2D eigenvalue weighted by Gasteiger charge is -2.39. The molecule has 0 spiro atoms. The van der Waals surface area contributed by atoms with Gasteiger partial charge in [-0.25, -0.2) is 4.79 Å². The summed E-state index contributed by atoms with van der Waals surface area (Å²) in [4.78, 5) is 23.0. The van der Waals surface area contributed by atoms with Gasteiger partial charge in [-0.05, 0) is 23.8 Å². The van der Waals surface area contributed by atoms with Crippen LogP contribution in [0.4, 0.5) is 0 Å². The van der Waals surface area contributed by atoms with Crippen molar-refractivity contribution in [2.75, 3.05) is 26.9 Å². The van der Waals surface area contributed by atoms with E-state index in [1.54, 1.807) is 12.1 Å². The van der Waals surface area contributed by atoms with E-state index in [0.29, 0.717) is 11.3 Å². The first kappa shape index (κ1) is 26.7. The first-order chi connectivity index (χ1) is 15.7. The van der Waals surface area contributed by atoms with Gasteiger partial charge in [-0.2, -0.15) is 0 Å². The van der Waals surface area contributed by atoms with Crippen LogP contribution < -0.4 is 9.47 Å². The topological polar surface area (TPSA) is 181 Å². The van der Waals surface area contributed by atoms with Crippen LogP contribution in [0.1, 0.15) is 12.5 Å². The molecular weight excluding hydrogens is 444 g/mol. The Balaban J connectivity index is 1.81. The molecule has 1 aromatic carbocycles. The molecule has 0 bridgehead atoms. The number of aliphatic hydroxyl groups excluding tert-OH is 5. The molecule has 0 radical (unpaired) electrons. The van der Waals surface area contributed by atoms with Crippen molar-refractivity contribution in [2.45, 2.75) is 43.7 Å². The summed E-state index contributed by atoms with van der Waals surface area (Å²) in [6.45, 7) is -0.216. The van der Waals surface area contributed by atoms with Gasteiger partial charge >= 0.3 is 11.9 Å². The van der Waals surface area contributed by atoms with E-state index in [9.17, 15) is 30.0 Å². The molecule has 1 fully saturated rings. The second-order valence-corrected chi connectivity index (χ2v) is 7.15. The van der Waals surface area contributed by atoms with Crippen LogP contribution in [0.15, 0.2) is 24.3 Å². The molecule has 5 N–H and O–H groups in total. The number of aliphatic hydroxyl groups is 5. The molecule has 0 saturated carbocycles. The van der Waals surface area contributed by atoms with Crippen molar-refractivity contribution in [2.24, 2.45) is 0 Å². The number of hydrogen-bond acceptors (Lipinski definition) is 12. The predicted octanol–water partition coefficient (Wildman–Crippen LogP) is -1.65. The van der Waals surface area contributed by atoms with E-state index >= 15 is 0 Å². The summed E-state index contributed by atoms with van der Waals surface area (Å²) < 4.78 is 25.4. The molecule has 1 heterocycles. The lowest BCUT2D eigenvalue weighted by molar-refractivity contribution is -0.304. The van der Waals surface area contributed by atoms with Crippen LogP contribution in [0.25, 0.3) is 6.08 Å². The maximum Gasteiger partial charge on any atom is 0.330 e. The summed E-state index contributed by atoms with van der Waals surface area (Å²) in [7, 11) is 1.40. The fourth-order valence-electron chi connectivity index (χ4n) is 2.88. The average Bonchev–Trinajstić information content (AvgIpc) is 2.79. The van der Waals surface area contributed by atoms with Gasteiger partial charge in [-0.15, -0.1) is 0 Å². The average molecular weight is 472 g/mol. The SMILES string of the molecule is COc1cc(C=CC(=O)OC[C@@H](O)CO[C@@H]2OC(CO)[C@@H](O)[C@@H](O)C2O)ccc1OC(C)=O. The molecule has 2 unspecified atom stereocenters. The first-order valence-electron chi connectivity index (χ1n) is 9.97. The number of carbonyl (C=O) groups excluding carboxylic acids is 2. The highest BCUT2D eigenvalue weighted by Crippen LogP contribution is 2.28. The van der Waals surface area contributed by atoms with Gasteiger partial charge in [0.1, 0.15) is 37.1 Å². The first-order valence-corrected chi connectivity index (χ1v) is 9.97. The Morgan fingerprint density at radius 2 is 1.85 bits per heavy atom. The van der Waals surface area contributed by atoms with Gasteiger partial charge in [0.15, 0.2) is 17.8 Å². The third kappa shape index (κ3) is 7.75. The highest BCUT2D eigenvalue weighted by molar-refractivity contribution is 5.87. The molecule has 0 amide bonds. The van der Waals surface area contributed by atoms with Crippen LogP contribution in [0.5, 0.6) is 11.5 Å². The van der Waals surface area contributed by atoms with Crippen molar-refractivity contribution in [3.63, 3.8) is 0 Å². The van der Waals surface area contributed by atoms with Crippen LogP contribution in [0.2, 0.25) is 0 Å². The Morgan fingerprint density at radius 1 is 1.12 bits per heavy atom. The number of hydrogen-bond donors (Lipinski definition) is 5. The van der Waals surface area contributed by atoms with Crippen molar-refractivity contribution in [1.82, 2.24) is 0 Å². The normalized spacial score (nSPS) is 26.1. The number of carbonyl (C=O) groups is 2. The van der Waals surface area contributed by atoms with Gasteiger partial charge < -0.3 is 49.2 Å². The van der Waals surface area contributed by atoms with Gasteiger partial charge in [0.05, 0.1) is 20.3 Å². The number of ether oxygens (including phenoxy) is 5. The Kier molecular flexibility index (Phi) is 10.2. The smallest absolute Gasteiger partial charge is 0.330 e. The third-order valence-electron chi connectivity index (χ3n) is 4.57. The maximum absolute atomic E-state index is 11.9. The summed E-state index contributed by atoms with van der Waals surface area (Å²) in [5.74, 6) is -0.743. The number of rotatable bonds is 10. The van der Waals surface area contributed by atoms with E-state index in [1.807, 2.05) is 0 Å². The molecule has 12 nitrogen and oxygen atoms in total. The van der Waals surface area contributed by atoms with E-state index in [2.05, 4.69) is 0 Å². The van der Waals surface area contributed by atoms with Gasteiger partial charge in [0.2, 0.25) is 0 Å². The minimum Gasteiger partial charge on any atom is -0.493 e. The molecule has 0 aliphatic carbocycles. The van der Waals surface area contributed by atoms with Gasteiger partial charge in [0, 0.05) is 13.0 Å². The summed E-state index contributed by atoms with van der Waals surface area (Å²) in [5, 5.41) is 48.4. The zero-order chi connectivity index (χ0) is 24.5. The second-order valence-electron chi connectivity index (χ2n) is 7.15. The zero-order valence-corrected chi connectivity index (χ0v) is 18.1. The van der Waals surface area contributed by atoms with Crippen LogP contribution in [0, 0.1) is 0 Å². The van der Waals surface area contributed by atoms with E-state index in [1.165, 1.54) is 26.2 Å². The van der Waals surface area contributed by atoms with Gasteiger partial charge in [-0.3, -0.25) is 4.79 Å². The van der Waals surface area contributed by atoms with Crippen molar-refractivity contribution in [3.05, 3.63) is 29.8 Å². The highest BCUT2D eigenvalue weighted by atomic mass is 16.7. The third-order valence-corrected chi connectivity index (χ3v) is 4.57. The molecular formula is C21H28O12. The molecule has 1 aliphatic heterocycles. The monoisotopic (exact) mass is 472 g/mol. The Labute approximate surface area is 189 Å². The Hall–Kier alpha value is -2.58. The highest BCUT2D eigenvalue weighted by Gasteiger charge is 2.44. The summed E-state index contributed by atoms with van der Waals surface area (Å²) in [5.41, 5.74) is 0.561. The molecule has 1 saturated heterocycles. The number of benzene rings is 1. The lowest BCUT2D eigenvalue weighted by atomic mass is 9.99. The Bertz CT molecular complexity index is 823. The summed E-state index contributed by atoms with van der Waals surface area (Å²) in [6.07, 6.45) is -6.03. The number of methoxy groups -OCH3 is 1. The molecule has 33 heavy (non-hydrogen) atoms. The quantitative estimate of drug-likeness (QED) is 0.149. The van der Waals surface area contributed by atoms with Crippen LogP contribution >= 0.6 is 0 Å². The van der Waals surface area contributed by atoms with E-state index in [-0.39, 0.29) is 5.75 Å². The Morgan fingerprint density at radius 3 is 2.48 bits per heavy atom. The minimum absolute atomic E-state index is 0.229. The molecule has 2 rings (SSSR count). The fourth-order valence-corrected chi connectivity index (χ4v) is 2.88. The van der Waals surface area contributed by atoms with Crippen molar-refractivity contribution in [1.29, 1.82) is 0 Å². The maximum atomic E-state index is 11.9. The molecule has 184 valence electrons. The van der Waals surface area contributed by atoms with Crippen molar-refractivity contribution in [3.8, 4) is 11.5 Å². The predicted molar refractivity (Wildman–Crippen MR) is 110 cm³/mol. The van der Waals surface area contributed by atoms with E-state index < -0.39 is 68.6 Å². The van der Waals surface area contributed by atoms with Crippen LogP contribution in [0.3, 0.4) is 0 Å². The molecule has 6 atom stereocenters. The molecule has 0 aromatic heterocycles. The molecule has 1 aromatic rings. The second kappa shape index (κ2) is 12.6. The molecule has 1 aliphatic rings.